The van der Waals surface area contributed by atoms with E-state index in [1.165, 1.54) is 0 Å². The zero-order chi connectivity index (χ0) is 11.6. The highest BCUT2D eigenvalue weighted by Crippen LogP contribution is 2.23. The summed E-state index contributed by atoms with van der Waals surface area (Å²) in [6.07, 6.45) is -0.803. The first-order valence-corrected chi connectivity index (χ1v) is 5.44. The second kappa shape index (κ2) is 4.59. The molecule has 1 aliphatic rings. The minimum atomic E-state index is -0.911. The van der Waals surface area contributed by atoms with Crippen LogP contribution < -0.4 is 0 Å². The number of hydrogen-bond acceptors (Lipinski definition) is 5. The molecule has 1 saturated heterocycles. The number of rotatable bonds is 3. The third-order valence-electron chi connectivity index (χ3n) is 1.78. The van der Waals surface area contributed by atoms with Crippen LogP contribution in [0.5, 0.6) is 0 Å². The molecule has 2 unspecified atom stereocenters. The molecule has 0 N–H and O–H groups in total. The fraction of sp³-hybridized carbons (Fsp3) is 0.778. The number of carbonyl (C=O) groups is 2. The maximum absolute atomic E-state index is 11.2. The normalized spacial score (nSPS) is 26.0. The number of ether oxygens (including phenoxy) is 3. The lowest BCUT2D eigenvalue weighted by Crippen LogP contribution is -2.30. The van der Waals surface area contributed by atoms with Crippen LogP contribution in [0.15, 0.2) is 0 Å². The van der Waals surface area contributed by atoms with Crippen molar-refractivity contribution < 1.29 is 23.8 Å². The number of carbonyl (C=O) groups excluding carboxylic acids is 2. The first kappa shape index (κ1) is 12.6. The zero-order valence-electron chi connectivity index (χ0n) is 8.78. The van der Waals surface area contributed by atoms with Gasteiger partial charge in [0.25, 0.3) is 5.78 Å². The van der Waals surface area contributed by atoms with Gasteiger partial charge in [0, 0.05) is 0 Å². The Morgan fingerprint density at radius 1 is 1.53 bits per heavy atom. The topological polar surface area (TPSA) is 61.8 Å². The van der Waals surface area contributed by atoms with Crippen LogP contribution in [0.2, 0.25) is 0 Å². The quantitative estimate of drug-likeness (QED) is 0.438. The van der Waals surface area contributed by atoms with Gasteiger partial charge in [-0.15, -0.1) is 0 Å². The smallest absolute Gasteiger partial charge is 0.378 e. The molecule has 0 amide bonds. The number of alkyl halides is 1. The Bertz CT molecular complexity index is 274. The molecule has 15 heavy (non-hydrogen) atoms. The summed E-state index contributed by atoms with van der Waals surface area (Å²) in [6, 6.07) is 0. The molecule has 2 atom stereocenters. The molecule has 0 bridgehead atoms. The van der Waals surface area contributed by atoms with E-state index in [4.69, 9.17) is 14.2 Å². The number of Topliss-reactive ketones (excluding diaryl/α,β-unsaturated/α-hetero) is 1. The predicted octanol–water partition coefficient (Wildman–Crippen LogP) is 0.991. The fourth-order valence-corrected chi connectivity index (χ4v) is 1.24. The van der Waals surface area contributed by atoms with Crippen LogP contribution >= 0.6 is 15.9 Å². The van der Waals surface area contributed by atoms with Gasteiger partial charge in [-0.1, -0.05) is 15.9 Å². The van der Waals surface area contributed by atoms with Gasteiger partial charge in [0.2, 0.25) is 6.29 Å². The molecule has 0 aromatic rings. The van der Waals surface area contributed by atoms with Crippen molar-refractivity contribution in [3.05, 3.63) is 0 Å². The molecule has 1 fully saturated rings. The molecule has 0 aromatic heterocycles. The van der Waals surface area contributed by atoms with Crippen LogP contribution in [0, 0.1) is 0 Å². The molecule has 1 rings (SSSR count). The highest BCUT2D eigenvalue weighted by Gasteiger charge is 2.36. The minimum absolute atomic E-state index is 0.142. The average molecular weight is 281 g/mol. The SMILES string of the molecule is CC(Br)C(=O)C(=O)OC1COC(C)(C)O1. The van der Waals surface area contributed by atoms with Crippen LogP contribution in [0.25, 0.3) is 0 Å². The highest BCUT2D eigenvalue weighted by molar-refractivity contribution is 9.10. The first-order chi connectivity index (χ1) is 6.82. The summed E-state index contributed by atoms with van der Waals surface area (Å²) in [5.41, 5.74) is 0. The summed E-state index contributed by atoms with van der Waals surface area (Å²) >= 11 is 2.99. The molecule has 86 valence electrons. The van der Waals surface area contributed by atoms with E-state index in [-0.39, 0.29) is 6.61 Å². The number of ketones is 1. The molecule has 0 aromatic carbocycles. The minimum Gasteiger partial charge on any atom is -0.427 e. The van der Waals surface area contributed by atoms with E-state index in [1.807, 2.05) is 0 Å². The standard InChI is InChI=1S/C9H13BrO5/c1-5(10)7(11)8(12)14-6-4-13-9(2,3)15-6/h5-6H,4H2,1-3H3. The van der Waals surface area contributed by atoms with E-state index in [0.717, 1.165) is 0 Å². The van der Waals surface area contributed by atoms with Gasteiger partial charge in [-0.2, -0.15) is 0 Å². The number of esters is 1. The van der Waals surface area contributed by atoms with Crippen LogP contribution in [-0.2, 0) is 23.8 Å². The Morgan fingerprint density at radius 3 is 2.53 bits per heavy atom. The summed E-state index contributed by atoms with van der Waals surface area (Å²) in [4.78, 5) is 21.8. The van der Waals surface area contributed by atoms with Crippen molar-refractivity contribution in [2.24, 2.45) is 0 Å². The summed E-state index contributed by atoms with van der Waals surface area (Å²) in [7, 11) is 0. The Balaban J connectivity index is 2.44. The van der Waals surface area contributed by atoms with Crippen molar-refractivity contribution >= 4 is 27.7 Å². The summed E-state index contributed by atoms with van der Waals surface area (Å²) in [5, 5.41) is 0. The lowest BCUT2D eigenvalue weighted by molar-refractivity contribution is -0.198. The molecule has 0 saturated carbocycles. The van der Waals surface area contributed by atoms with Gasteiger partial charge in [0.1, 0.15) is 6.61 Å². The molecule has 1 heterocycles. The van der Waals surface area contributed by atoms with Crippen molar-refractivity contribution in [2.75, 3.05) is 6.61 Å². The maximum atomic E-state index is 11.2. The Labute approximate surface area is 96.2 Å². The molecule has 1 aliphatic heterocycles. The maximum Gasteiger partial charge on any atom is 0.378 e. The zero-order valence-corrected chi connectivity index (χ0v) is 10.4. The molecule has 0 aliphatic carbocycles. The Kier molecular flexibility index (Phi) is 3.86. The fourth-order valence-electron chi connectivity index (χ4n) is 1.05. The van der Waals surface area contributed by atoms with Crippen molar-refractivity contribution in [1.29, 1.82) is 0 Å². The van der Waals surface area contributed by atoms with Gasteiger partial charge in [-0.25, -0.2) is 4.79 Å². The van der Waals surface area contributed by atoms with Crippen molar-refractivity contribution in [3.8, 4) is 0 Å². The third-order valence-corrected chi connectivity index (χ3v) is 2.20. The molecule has 0 radical (unpaired) electrons. The second-order valence-electron chi connectivity index (χ2n) is 3.64. The van der Waals surface area contributed by atoms with Gasteiger partial charge in [0.05, 0.1) is 4.83 Å². The summed E-state index contributed by atoms with van der Waals surface area (Å²) in [5.74, 6) is -2.32. The molecule has 0 spiro atoms. The lowest BCUT2D eigenvalue weighted by Gasteiger charge is -2.16. The van der Waals surface area contributed by atoms with Crippen molar-refractivity contribution in [3.63, 3.8) is 0 Å². The molecule has 6 heteroatoms. The van der Waals surface area contributed by atoms with Gasteiger partial charge in [-0.05, 0) is 20.8 Å². The van der Waals surface area contributed by atoms with Crippen LogP contribution in [0.4, 0.5) is 0 Å². The van der Waals surface area contributed by atoms with Crippen molar-refractivity contribution in [2.45, 2.75) is 37.7 Å². The molecular formula is C9H13BrO5. The number of hydrogen-bond donors (Lipinski definition) is 0. The second-order valence-corrected chi connectivity index (χ2v) is 5.02. The summed E-state index contributed by atoms with van der Waals surface area (Å²) in [6.45, 7) is 5.10. The molecular weight excluding hydrogens is 268 g/mol. The van der Waals surface area contributed by atoms with E-state index in [2.05, 4.69) is 15.9 Å². The van der Waals surface area contributed by atoms with E-state index in [9.17, 15) is 9.59 Å². The Hall–Kier alpha value is -0.460. The monoisotopic (exact) mass is 280 g/mol. The molecule has 5 nitrogen and oxygen atoms in total. The Morgan fingerprint density at radius 2 is 2.13 bits per heavy atom. The van der Waals surface area contributed by atoms with Gasteiger partial charge >= 0.3 is 5.97 Å². The third kappa shape index (κ3) is 3.55. The lowest BCUT2D eigenvalue weighted by atomic mass is 10.3. The van der Waals surface area contributed by atoms with Gasteiger partial charge in [0.15, 0.2) is 5.79 Å². The van der Waals surface area contributed by atoms with Crippen LogP contribution in [0.1, 0.15) is 20.8 Å². The van der Waals surface area contributed by atoms with E-state index in [1.54, 1.807) is 20.8 Å². The largest absolute Gasteiger partial charge is 0.427 e. The van der Waals surface area contributed by atoms with E-state index >= 15 is 0 Å². The van der Waals surface area contributed by atoms with Gasteiger partial charge in [-0.3, -0.25) is 4.79 Å². The van der Waals surface area contributed by atoms with E-state index in [0.29, 0.717) is 0 Å². The number of halogens is 1. The first-order valence-electron chi connectivity index (χ1n) is 4.52. The van der Waals surface area contributed by atoms with Crippen LogP contribution in [0.3, 0.4) is 0 Å². The van der Waals surface area contributed by atoms with Crippen LogP contribution in [-0.4, -0.2) is 35.3 Å². The van der Waals surface area contributed by atoms with Gasteiger partial charge < -0.3 is 14.2 Å². The average Bonchev–Trinajstić information content (AvgIpc) is 2.43. The van der Waals surface area contributed by atoms with Crippen molar-refractivity contribution in [1.82, 2.24) is 0 Å². The summed E-state index contributed by atoms with van der Waals surface area (Å²) < 4.78 is 15.2. The highest BCUT2D eigenvalue weighted by atomic mass is 79.9. The predicted molar refractivity (Wildman–Crippen MR) is 54.4 cm³/mol. The van der Waals surface area contributed by atoms with E-state index < -0.39 is 28.7 Å².